The van der Waals surface area contributed by atoms with Gasteiger partial charge in [-0.2, -0.15) is 0 Å². The van der Waals surface area contributed by atoms with Crippen LogP contribution in [0.5, 0.6) is 0 Å². The van der Waals surface area contributed by atoms with Crippen molar-refractivity contribution < 1.29 is 8.78 Å². The van der Waals surface area contributed by atoms with Crippen LogP contribution in [0.25, 0.3) is 0 Å². The van der Waals surface area contributed by atoms with Gasteiger partial charge in [0.15, 0.2) is 0 Å². The van der Waals surface area contributed by atoms with Crippen LogP contribution in [0.3, 0.4) is 0 Å². The quantitative estimate of drug-likeness (QED) is 0.828. The molecule has 0 unspecified atom stereocenters. The second-order valence-corrected chi connectivity index (χ2v) is 5.25. The maximum absolute atomic E-state index is 13.5. The zero-order valence-corrected chi connectivity index (χ0v) is 11.4. The van der Waals surface area contributed by atoms with Crippen LogP contribution in [0.1, 0.15) is 22.5 Å². The molecule has 3 nitrogen and oxygen atoms in total. The van der Waals surface area contributed by atoms with E-state index < -0.39 is 11.6 Å². The van der Waals surface area contributed by atoms with E-state index in [9.17, 15) is 8.78 Å². The highest BCUT2D eigenvalue weighted by Gasteiger charge is 2.09. The molecule has 0 aliphatic carbocycles. The third-order valence-corrected chi connectivity index (χ3v) is 3.61. The van der Waals surface area contributed by atoms with Gasteiger partial charge in [0.05, 0.1) is 0 Å². The molecule has 0 aliphatic heterocycles. The van der Waals surface area contributed by atoms with Crippen molar-refractivity contribution in [1.29, 1.82) is 0 Å². The molecule has 0 atom stereocenters. The van der Waals surface area contributed by atoms with E-state index >= 15 is 0 Å². The monoisotopic (exact) mass is 283 g/mol. The molecule has 0 saturated carbocycles. The molecule has 0 amide bonds. The number of aromatic nitrogens is 2. The van der Waals surface area contributed by atoms with Crippen molar-refractivity contribution in [3.63, 3.8) is 0 Å². The van der Waals surface area contributed by atoms with Gasteiger partial charge in [0, 0.05) is 25.5 Å². The van der Waals surface area contributed by atoms with Gasteiger partial charge in [0.1, 0.15) is 21.6 Å². The van der Waals surface area contributed by atoms with E-state index in [0.717, 1.165) is 35.6 Å². The summed E-state index contributed by atoms with van der Waals surface area (Å²) in [5.74, 6) is -1.10. The predicted molar refractivity (Wildman–Crippen MR) is 71.3 cm³/mol. The summed E-state index contributed by atoms with van der Waals surface area (Å²) in [6.45, 7) is 3.82. The molecule has 19 heavy (non-hydrogen) atoms. The zero-order chi connectivity index (χ0) is 13.7. The number of rotatable bonds is 6. The first kappa shape index (κ1) is 14.0. The largest absolute Gasteiger partial charge is 0.317 e. The van der Waals surface area contributed by atoms with Crippen molar-refractivity contribution in [1.82, 2.24) is 15.5 Å². The van der Waals surface area contributed by atoms with Crippen LogP contribution in [0.2, 0.25) is 0 Å². The van der Waals surface area contributed by atoms with E-state index in [-0.39, 0.29) is 0 Å². The highest BCUT2D eigenvalue weighted by atomic mass is 32.1. The van der Waals surface area contributed by atoms with Gasteiger partial charge >= 0.3 is 0 Å². The number of halogens is 2. The van der Waals surface area contributed by atoms with E-state index in [4.69, 9.17) is 0 Å². The zero-order valence-electron chi connectivity index (χ0n) is 10.6. The Bertz CT molecular complexity index is 542. The van der Waals surface area contributed by atoms with E-state index in [0.29, 0.717) is 12.0 Å². The van der Waals surface area contributed by atoms with Crippen LogP contribution < -0.4 is 5.32 Å². The number of hydrogen-bond donors (Lipinski definition) is 1. The second kappa shape index (κ2) is 6.68. The lowest BCUT2D eigenvalue weighted by atomic mass is 10.1. The van der Waals surface area contributed by atoms with E-state index in [1.807, 2.05) is 6.92 Å². The molecule has 1 N–H and O–H groups in total. The first-order chi connectivity index (χ1) is 9.19. The summed E-state index contributed by atoms with van der Waals surface area (Å²) >= 11 is 1.47. The maximum Gasteiger partial charge on any atom is 0.129 e. The summed E-state index contributed by atoms with van der Waals surface area (Å²) < 4.78 is 26.3. The van der Waals surface area contributed by atoms with Gasteiger partial charge in [0.25, 0.3) is 0 Å². The fourth-order valence-electron chi connectivity index (χ4n) is 1.66. The van der Waals surface area contributed by atoms with E-state index in [1.165, 1.54) is 23.5 Å². The van der Waals surface area contributed by atoms with Gasteiger partial charge in [0.2, 0.25) is 0 Å². The first-order valence-electron chi connectivity index (χ1n) is 6.15. The Morgan fingerprint density at radius 3 is 2.74 bits per heavy atom. The van der Waals surface area contributed by atoms with Crippen molar-refractivity contribution in [3.8, 4) is 0 Å². The van der Waals surface area contributed by atoms with Gasteiger partial charge in [-0.15, -0.1) is 21.5 Å². The summed E-state index contributed by atoms with van der Waals surface area (Å²) in [6, 6.07) is 3.60. The molecule has 0 bridgehead atoms. The van der Waals surface area contributed by atoms with Crippen LogP contribution in [0.15, 0.2) is 18.2 Å². The minimum absolute atomic E-state index is 0.352. The molecule has 2 rings (SSSR count). The highest BCUT2D eigenvalue weighted by Crippen LogP contribution is 2.17. The Hall–Kier alpha value is -1.40. The van der Waals surface area contributed by atoms with Crippen LogP contribution in [0.4, 0.5) is 8.78 Å². The van der Waals surface area contributed by atoms with Gasteiger partial charge < -0.3 is 5.32 Å². The molecule has 1 heterocycles. The lowest BCUT2D eigenvalue weighted by molar-refractivity contribution is 0.574. The normalized spacial score (nSPS) is 10.9. The second-order valence-electron chi connectivity index (χ2n) is 4.11. The fraction of sp³-hybridized carbons (Fsp3) is 0.385. The molecule has 0 spiro atoms. The fourth-order valence-corrected chi connectivity index (χ4v) is 2.53. The summed E-state index contributed by atoms with van der Waals surface area (Å²) in [5.41, 5.74) is 0.441. The van der Waals surface area contributed by atoms with Gasteiger partial charge in [-0.05, 0) is 18.2 Å². The topological polar surface area (TPSA) is 37.8 Å². The molecule has 0 aliphatic rings. The first-order valence-corrected chi connectivity index (χ1v) is 6.96. The average molecular weight is 283 g/mol. The molecule has 102 valence electrons. The van der Waals surface area contributed by atoms with Crippen molar-refractivity contribution in [2.75, 3.05) is 13.1 Å². The molecule has 2 aromatic rings. The summed E-state index contributed by atoms with van der Waals surface area (Å²) in [6.07, 6.45) is 1.17. The molecule has 0 fully saturated rings. The van der Waals surface area contributed by atoms with Gasteiger partial charge in [-0.1, -0.05) is 13.0 Å². The van der Waals surface area contributed by atoms with Gasteiger partial charge in [-0.25, -0.2) is 8.78 Å². The molecular formula is C13H15F2N3S. The van der Waals surface area contributed by atoms with Crippen molar-refractivity contribution >= 4 is 11.3 Å². The Labute approximate surface area is 114 Å². The van der Waals surface area contributed by atoms with Crippen LogP contribution >= 0.6 is 11.3 Å². The summed E-state index contributed by atoms with van der Waals surface area (Å²) in [7, 11) is 0. The third kappa shape index (κ3) is 4.04. The number of nitrogens with zero attached hydrogens (tertiary/aromatic N) is 2. The Morgan fingerprint density at radius 2 is 2.00 bits per heavy atom. The molecule has 1 aromatic heterocycles. The predicted octanol–water partition coefficient (Wildman–Crippen LogP) is 2.56. The Morgan fingerprint density at radius 1 is 1.21 bits per heavy atom. The van der Waals surface area contributed by atoms with Crippen LogP contribution in [-0.2, 0) is 12.8 Å². The van der Waals surface area contributed by atoms with Gasteiger partial charge in [-0.3, -0.25) is 0 Å². The van der Waals surface area contributed by atoms with Crippen LogP contribution in [0, 0.1) is 11.6 Å². The van der Waals surface area contributed by atoms with Crippen molar-refractivity contribution in [2.45, 2.75) is 19.8 Å². The average Bonchev–Trinajstić information content (AvgIpc) is 2.81. The Kier molecular flexibility index (Phi) is 4.93. The number of benzene rings is 1. The molecule has 0 radical (unpaired) electrons. The molecule has 1 aromatic carbocycles. The SMILES string of the molecule is CCNCCc1nnc(Cc2ccc(F)cc2F)s1. The molecular weight excluding hydrogens is 268 g/mol. The highest BCUT2D eigenvalue weighted by molar-refractivity contribution is 7.11. The molecule has 0 saturated heterocycles. The van der Waals surface area contributed by atoms with E-state index in [1.54, 1.807) is 0 Å². The minimum atomic E-state index is -0.565. The maximum atomic E-state index is 13.5. The smallest absolute Gasteiger partial charge is 0.129 e. The molecule has 6 heteroatoms. The number of likely N-dealkylation sites (N-methyl/N-ethyl adjacent to an activating group) is 1. The third-order valence-electron chi connectivity index (χ3n) is 2.63. The van der Waals surface area contributed by atoms with E-state index in [2.05, 4.69) is 15.5 Å². The number of hydrogen-bond acceptors (Lipinski definition) is 4. The lowest BCUT2D eigenvalue weighted by Gasteiger charge is -1.99. The standard InChI is InChI=1S/C13H15F2N3S/c1-2-16-6-5-12-17-18-13(19-12)7-9-3-4-10(14)8-11(9)15/h3-4,8,16H,2,5-7H2,1H3. The minimum Gasteiger partial charge on any atom is -0.317 e. The van der Waals surface area contributed by atoms with Crippen molar-refractivity contribution in [2.24, 2.45) is 0 Å². The Balaban J connectivity index is 1.99. The summed E-state index contributed by atoms with van der Waals surface area (Å²) in [4.78, 5) is 0. The van der Waals surface area contributed by atoms with Crippen LogP contribution in [-0.4, -0.2) is 23.3 Å². The number of nitrogens with one attached hydrogen (secondary N) is 1. The lowest BCUT2D eigenvalue weighted by Crippen LogP contribution is -2.15. The summed E-state index contributed by atoms with van der Waals surface area (Å²) in [5, 5.41) is 13.0. The van der Waals surface area contributed by atoms with Crippen molar-refractivity contribution in [3.05, 3.63) is 45.4 Å².